The number of rotatable bonds is 3. The number of amides is 5. The third-order valence-electron chi connectivity index (χ3n) is 6.94. The Bertz CT molecular complexity index is 1280. The van der Waals surface area contributed by atoms with Crippen LogP contribution < -0.4 is 5.32 Å². The molecule has 5 amide bonds. The summed E-state index contributed by atoms with van der Waals surface area (Å²) in [6, 6.07) is 14.4. The molecule has 0 bridgehead atoms. The molecule has 1 fully saturated rings. The molecule has 3 atom stereocenters. The first kappa shape index (κ1) is 18.7. The number of likely N-dealkylation sites (tertiary alicyclic amines) is 1. The van der Waals surface area contributed by atoms with Crippen LogP contribution in [-0.4, -0.2) is 52.4 Å². The van der Waals surface area contributed by atoms with E-state index in [2.05, 4.69) is 5.32 Å². The van der Waals surface area contributed by atoms with E-state index in [1.54, 1.807) is 12.1 Å². The van der Waals surface area contributed by atoms with Crippen molar-refractivity contribution >= 4 is 29.5 Å². The van der Waals surface area contributed by atoms with E-state index in [1.165, 1.54) is 12.2 Å². The number of benzene rings is 2. The summed E-state index contributed by atoms with van der Waals surface area (Å²) in [6.07, 6.45) is 2.34. The number of nitrogens with zero attached hydrogens (tertiary/aromatic N) is 2. The monoisotopic (exact) mass is 427 g/mol. The summed E-state index contributed by atoms with van der Waals surface area (Å²) in [5.41, 5.74) is 1.51. The highest BCUT2D eigenvalue weighted by molar-refractivity contribution is 6.14. The van der Waals surface area contributed by atoms with Gasteiger partial charge in [-0.3, -0.25) is 33.8 Å². The van der Waals surface area contributed by atoms with Crippen molar-refractivity contribution < 1.29 is 24.0 Å². The van der Waals surface area contributed by atoms with Crippen molar-refractivity contribution in [1.82, 2.24) is 15.1 Å². The van der Waals surface area contributed by atoms with Gasteiger partial charge < -0.3 is 5.32 Å². The predicted molar refractivity (Wildman–Crippen MR) is 110 cm³/mol. The van der Waals surface area contributed by atoms with Crippen LogP contribution in [-0.2, 0) is 24.7 Å². The molecule has 1 spiro atoms. The zero-order valence-corrected chi connectivity index (χ0v) is 16.8. The maximum absolute atomic E-state index is 13.7. The Morgan fingerprint density at radius 2 is 1.38 bits per heavy atom. The van der Waals surface area contributed by atoms with Crippen molar-refractivity contribution in [2.45, 2.75) is 11.5 Å². The first-order valence-corrected chi connectivity index (χ1v) is 10.4. The van der Waals surface area contributed by atoms with Crippen LogP contribution in [0.5, 0.6) is 0 Å². The van der Waals surface area contributed by atoms with Crippen LogP contribution in [0.1, 0.15) is 33.0 Å². The molecule has 1 N–H and O–H groups in total. The van der Waals surface area contributed by atoms with Gasteiger partial charge in [0, 0.05) is 30.8 Å². The van der Waals surface area contributed by atoms with Gasteiger partial charge in [0.2, 0.25) is 11.8 Å². The molecule has 4 aliphatic rings. The fourth-order valence-corrected chi connectivity index (χ4v) is 5.64. The minimum atomic E-state index is -1.13. The van der Waals surface area contributed by atoms with E-state index >= 15 is 0 Å². The number of imide groups is 2. The molecule has 8 heteroatoms. The van der Waals surface area contributed by atoms with Crippen molar-refractivity contribution in [3.8, 4) is 0 Å². The normalized spacial score (nSPS) is 27.4. The molecular formula is C24H17N3O5. The van der Waals surface area contributed by atoms with Crippen molar-refractivity contribution in [1.29, 1.82) is 0 Å². The Morgan fingerprint density at radius 3 is 2.12 bits per heavy atom. The smallest absolute Gasteiger partial charge is 0.253 e. The van der Waals surface area contributed by atoms with Crippen LogP contribution in [0.2, 0.25) is 0 Å². The second kappa shape index (κ2) is 6.23. The first-order valence-electron chi connectivity index (χ1n) is 10.4. The van der Waals surface area contributed by atoms with E-state index in [9.17, 15) is 24.0 Å². The lowest BCUT2D eigenvalue weighted by atomic mass is 9.76. The molecule has 32 heavy (non-hydrogen) atoms. The third kappa shape index (κ3) is 2.13. The van der Waals surface area contributed by atoms with Gasteiger partial charge in [-0.2, -0.15) is 0 Å². The molecule has 3 aliphatic heterocycles. The minimum Gasteiger partial charge on any atom is -0.337 e. The number of hydrogen-bond acceptors (Lipinski definition) is 5. The molecule has 3 heterocycles. The number of fused-ring (bicyclic) bond motifs is 7. The zero-order valence-electron chi connectivity index (χ0n) is 16.8. The summed E-state index contributed by atoms with van der Waals surface area (Å²) < 4.78 is 0. The number of hydrogen-bond donors (Lipinski definition) is 1. The molecule has 0 saturated carbocycles. The topological polar surface area (TPSA) is 104 Å². The van der Waals surface area contributed by atoms with Crippen LogP contribution in [0, 0.1) is 5.92 Å². The molecule has 2 aromatic rings. The molecule has 8 nitrogen and oxygen atoms in total. The minimum absolute atomic E-state index is 0.0703. The van der Waals surface area contributed by atoms with Gasteiger partial charge in [0.15, 0.2) is 0 Å². The van der Waals surface area contributed by atoms with E-state index in [4.69, 9.17) is 0 Å². The Kier molecular flexibility index (Phi) is 3.63. The third-order valence-corrected chi connectivity index (χ3v) is 6.94. The fraction of sp³-hybridized carbons (Fsp3) is 0.208. The average molecular weight is 427 g/mol. The van der Waals surface area contributed by atoms with E-state index < -0.39 is 35.1 Å². The highest BCUT2D eigenvalue weighted by Gasteiger charge is 2.67. The van der Waals surface area contributed by atoms with Crippen molar-refractivity contribution in [3.05, 3.63) is 82.9 Å². The fourth-order valence-electron chi connectivity index (χ4n) is 5.64. The summed E-state index contributed by atoms with van der Waals surface area (Å²) in [5, 5.41) is 3.04. The van der Waals surface area contributed by atoms with Crippen LogP contribution >= 0.6 is 0 Å². The number of carbonyl (C=O) groups is 5. The van der Waals surface area contributed by atoms with Crippen molar-refractivity contribution in [3.63, 3.8) is 0 Å². The van der Waals surface area contributed by atoms with Gasteiger partial charge in [-0.1, -0.05) is 42.5 Å². The van der Waals surface area contributed by atoms with Gasteiger partial charge in [-0.25, -0.2) is 0 Å². The van der Waals surface area contributed by atoms with Crippen molar-refractivity contribution in [2.75, 3.05) is 13.1 Å². The first-order chi connectivity index (χ1) is 15.4. The second-order valence-electron chi connectivity index (χ2n) is 8.34. The highest BCUT2D eigenvalue weighted by atomic mass is 16.2. The summed E-state index contributed by atoms with van der Waals surface area (Å²) in [6.45, 7) is -0.156. The van der Waals surface area contributed by atoms with Crippen LogP contribution in [0.4, 0.5) is 0 Å². The molecule has 0 radical (unpaired) electrons. The lowest BCUT2D eigenvalue weighted by Crippen LogP contribution is -2.49. The highest BCUT2D eigenvalue weighted by Crippen LogP contribution is 2.58. The average Bonchev–Trinajstić information content (AvgIpc) is 3.46. The van der Waals surface area contributed by atoms with Gasteiger partial charge in [0.05, 0.1) is 11.8 Å². The largest absolute Gasteiger partial charge is 0.337 e. The molecule has 0 aromatic heterocycles. The Morgan fingerprint density at radius 1 is 0.750 bits per heavy atom. The maximum atomic E-state index is 13.7. The van der Waals surface area contributed by atoms with Crippen molar-refractivity contribution in [2.24, 2.45) is 5.92 Å². The predicted octanol–water partition coefficient (Wildman–Crippen LogP) is 0.681. The van der Waals surface area contributed by atoms with Crippen LogP contribution in [0.3, 0.4) is 0 Å². The van der Waals surface area contributed by atoms with Crippen LogP contribution in [0.25, 0.3) is 0 Å². The van der Waals surface area contributed by atoms with E-state index in [1.807, 2.05) is 36.4 Å². The maximum Gasteiger partial charge on any atom is 0.253 e. The second-order valence-corrected chi connectivity index (χ2v) is 8.34. The lowest BCUT2D eigenvalue weighted by molar-refractivity contribution is -0.144. The Hall–Kier alpha value is -4.07. The summed E-state index contributed by atoms with van der Waals surface area (Å²) in [5.74, 6) is -3.58. The van der Waals surface area contributed by atoms with Gasteiger partial charge in [-0.05, 0) is 22.8 Å². The molecule has 158 valence electrons. The molecule has 1 saturated heterocycles. The standard InChI is InChI=1S/C24H17N3O5/c28-17-9-10-18(29)26(17)11-12-27-22(31)19-13-5-1-3-7-15(13)24(20(19)23(27)32)16-8-4-2-6-14(16)21(30)25-24/h1-10,19-20H,11-12H2,(H,25,30). The molecular weight excluding hydrogens is 410 g/mol. The van der Waals surface area contributed by atoms with Gasteiger partial charge in [0.25, 0.3) is 17.7 Å². The molecule has 3 unspecified atom stereocenters. The lowest BCUT2D eigenvalue weighted by Gasteiger charge is -2.32. The Labute approximate surface area is 182 Å². The zero-order chi connectivity index (χ0) is 22.2. The van der Waals surface area contributed by atoms with Gasteiger partial charge >= 0.3 is 0 Å². The van der Waals surface area contributed by atoms with E-state index in [-0.39, 0.29) is 24.9 Å². The summed E-state index contributed by atoms with van der Waals surface area (Å²) in [4.78, 5) is 65.8. The molecule has 1 aliphatic carbocycles. The Balaban J connectivity index is 1.43. The quantitative estimate of drug-likeness (QED) is 0.726. The molecule has 2 aromatic carbocycles. The van der Waals surface area contributed by atoms with Gasteiger partial charge in [0.1, 0.15) is 5.54 Å². The van der Waals surface area contributed by atoms with Crippen LogP contribution in [0.15, 0.2) is 60.7 Å². The van der Waals surface area contributed by atoms with E-state index in [0.717, 1.165) is 15.4 Å². The van der Waals surface area contributed by atoms with E-state index in [0.29, 0.717) is 16.7 Å². The number of nitrogens with one attached hydrogen (secondary N) is 1. The molecule has 6 rings (SSSR count). The summed E-state index contributed by atoms with van der Waals surface area (Å²) in [7, 11) is 0. The number of carbonyl (C=O) groups excluding carboxylic acids is 5. The summed E-state index contributed by atoms with van der Waals surface area (Å²) >= 11 is 0. The van der Waals surface area contributed by atoms with Gasteiger partial charge in [-0.15, -0.1) is 0 Å². The SMILES string of the molecule is O=C1NC2(c3ccccc31)c1ccccc1C1C(=O)N(CCN3C(=O)C=CC3=O)C(=O)C12.